The molecule has 1 N–H and O–H groups in total. The lowest BCUT2D eigenvalue weighted by Crippen LogP contribution is -2.44. The first-order valence-corrected chi connectivity index (χ1v) is 5.63. The standard InChI is InChI=1S/C13H19NO/c1-10-3-5-12(6-4-10)7-14-8-13-11(2)9-15-13/h3-6,11,13-14H,7-9H2,1-2H3. The van der Waals surface area contributed by atoms with Gasteiger partial charge in [0.05, 0.1) is 12.7 Å². The van der Waals surface area contributed by atoms with Crippen molar-refractivity contribution in [3.63, 3.8) is 0 Å². The number of aryl methyl sites for hydroxylation is 1. The predicted molar refractivity (Wildman–Crippen MR) is 61.8 cm³/mol. The summed E-state index contributed by atoms with van der Waals surface area (Å²) in [4.78, 5) is 0. The van der Waals surface area contributed by atoms with Gasteiger partial charge < -0.3 is 10.1 Å². The monoisotopic (exact) mass is 205 g/mol. The molecule has 2 rings (SSSR count). The van der Waals surface area contributed by atoms with Crippen LogP contribution in [-0.4, -0.2) is 19.3 Å². The largest absolute Gasteiger partial charge is 0.376 e. The second kappa shape index (κ2) is 4.77. The van der Waals surface area contributed by atoms with Gasteiger partial charge in [-0.2, -0.15) is 0 Å². The van der Waals surface area contributed by atoms with E-state index >= 15 is 0 Å². The van der Waals surface area contributed by atoms with Crippen molar-refractivity contribution in [3.8, 4) is 0 Å². The van der Waals surface area contributed by atoms with Crippen LogP contribution >= 0.6 is 0 Å². The van der Waals surface area contributed by atoms with E-state index in [-0.39, 0.29) is 0 Å². The molecule has 82 valence electrons. The van der Waals surface area contributed by atoms with Gasteiger partial charge in [-0.3, -0.25) is 0 Å². The first kappa shape index (κ1) is 10.7. The number of hydrogen-bond donors (Lipinski definition) is 1. The van der Waals surface area contributed by atoms with Crippen molar-refractivity contribution in [2.24, 2.45) is 5.92 Å². The molecule has 1 aliphatic heterocycles. The Morgan fingerprint density at radius 1 is 1.33 bits per heavy atom. The van der Waals surface area contributed by atoms with Crippen LogP contribution in [0.25, 0.3) is 0 Å². The number of ether oxygens (including phenoxy) is 1. The average molecular weight is 205 g/mol. The predicted octanol–water partition coefficient (Wildman–Crippen LogP) is 2.12. The Morgan fingerprint density at radius 3 is 2.60 bits per heavy atom. The van der Waals surface area contributed by atoms with Gasteiger partial charge >= 0.3 is 0 Å². The second-order valence-electron chi connectivity index (χ2n) is 4.47. The number of benzene rings is 1. The third-order valence-electron chi connectivity index (χ3n) is 3.00. The molecule has 1 aromatic rings. The minimum Gasteiger partial charge on any atom is -0.376 e. The lowest BCUT2D eigenvalue weighted by atomic mass is 10.0. The quantitative estimate of drug-likeness (QED) is 0.813. The van der Waals surface area contributed by atoms with E-state index in [2.05, 4.69) is 43.4 Å². The van der Waals surface area contributed by atoms with Gasteiger partial charge in [0.1, 0.15) is 0 Å². The molecule has 0 saturated carbocycles. The van der Waals surface area contributed by atoms with Gasteiger partial charge in [0.15, 0.2) is 0 Å². The Hall–Kier alpha value is -0.860. The summed E-state index contributed by atoms with van der Waals surface area (Å²) < 4.78 is 5.44. The summed E-state index contributed by atoms with van der Waals surface area (Å²) >= 11 is 0. The lowest BCUT2D eigenvalue weighted by molar-refractivity contribution is -0.103. The van der Waals surface area contributed by atoms with Crippen LogP contribution in [0.2, 0.25) is 0 Å². The SMILES string of the molecule is Cc1ccc(CNCC2OCC2C)cc1. The van der Waals surface area contributed by atoms with Crippen LogP contribution in [0.5, 0.6) is 0 Å². The van der Waals surface area contributed by atoms with Crippen molar-refractivity contribution in [3.05, 3.63) is 35.4 Å². The van der Waals surface area contributed by atoms with Crippen molar-refractivity contribution in [2.45, 2.75) is 26.5 Å². The Morgan fingerprint density at radius 2 is 2.07 bits per heavy atom. The summed E-state index contributed by atoms with van der Waals surface area (Å²) in [5.74, 6) is 0.718. The highest BCUT2D eigenvalue weighted by Crippen LogP contribution is 2.18. The number of nitrogens with one attached hydrogen (secondary N) is 1. The zero-order chi connectivity index (χ0) is 10.7. The van der Waals surface area contributed by atoms with Crippen LogP contribution in [0.3, 0.4) is 0 Å². The fraction of sp³-hybridized carbons (Fsp3) is 0.538. The molecule has 1 aliphatic rings. The minimum atomic E-state index is 0.426. The molecule has 1 aromatic carbocycles. The first-order valence-electron chi connectivity index (χ1n) is 5.63. The first-order chi connectivity index (χ1) is 7.25. The summed E-state index contributed by atoms with van der Waals surface area (Å²) in [6.07, 6.45) is 0.426. The van der Waals surface area contributed by atoms with Gasteiger partial charge in [-0.05, 0) is 12.5 Å². The number of rotatable bonds is 4. The fourth-order valence-corrected chi connectivity index (χ4v) is 1.75. The maximum atomic E-state index is 5.44. The van der Waals surface area contributed by atoms with Crippen molar-refractivity contribution < 1.29 is 4.74 Å². The van der Waals surface area contributed by atoms with Crippen molar-refractivity contribution >= 4 is 0 Å². The summed E-state index contributed by atoms with van der Waals surface area (Å²) in [5, 5.41) is 3.43. The molecule has 0 aliphatic carbocycles. The maximum absolute atomic E-state index is 5.44. The van der Waals surface area contributed by atoms with Gasteiger partial charge in [-0.25, -0.2) is 0 Å². The van der Waals surface area contributed by atoms with Crippen LogP contribution in [0.15, 0.2) is 24.3 Å². The van der Waals surface area contributed by atoms with Crippen molar-refractivity contribution in [1.82, 2.24) is 5.32 Å². The Balaban J connectivity index is 1.71. The Kier molecular flexibility index (Phi) is 3.39. The van der Waals surface area contributed by atoms with Gasteiger partial charge in [-0.1, -0.05) is 36.8 Å². The van der Waals surface area contributed by atoms with Crippen LogP contribution < -0.4 is 5.32 Å². The van der Waals surface area contributed by atoms with Crippen molar-refractivity contribution in [2.75, 3.05) is 13.2 Å². The average Bonchev–Trinajstić information content (AvgIpc) is 2.25. The third kappa shape index (κ3) is 2.80. The summed E-state index contributed by atoms with van der Waals surface area (Å²) in [6.45, 7) is 7.18. The zero-order valence-corrected chi connectivity index (χ0v) is 9.49. The molecule has 2 nitrogen and oxygen atoms in total. The molecule has 0 radical (unpaired) electrons. The molecule has 0 amide bonds. The van der Waals surface area contributed by atoms with E-state index in [1.807, 2.05) is 0 Å². The van der Waals surface area contributed by atoms with E-state index in [4.69, 9.17) is 4.74 Å². The third-order valence-corrected chi connectivity index (χ3v) is 3.00. The van der Waals surface area contributed by atoms with Crippen LogP contribution in [0.4, 0.5) is 0 Å². The molecule has 15 heavy (non-hydrogen) atoms. The summed E-state index contributed by atoms with van der Waals surface area (Å²) in [5.41, 5.74) is 2.65. The highest BCUT2D eigenvalue weighted by atomic mass is 16.5. The molecular weight excluding hydrogens is 186 g/mol. The number of hydrogen-bond acceptors (Lipinski definition) is 2. The molecule has 2 atom stereocenters. The van der Waals surface area contributed by atoms with E-state index in [0.29, 0.717) is 6.10 Å². The van der Waals surface area contributed by atoms with Gasteiger partial charge in [0.2, 0.25) is 0 Å². The molecule has 0 bridgehead atoms. The molecule has 0 aromatic heterocycles. The molecular formula is C13H19NO. The summed E-state index contributed by atoms with van der Waals surface area (Å²) in [6, 6.07) is 8.65. The second-order valence-corrected chi connectivity index (χ2v) is 4.47. The van der Waals surface area contributed by atoms with Gasteiger partial charge in [0.25, 0.3) is 0 Å². The highest BCUT2D eigenvalue weighted by Gasteiger charge is 2.26. The van der Waals surface area contributed by atoms with E-state index < -0.39 is 0 Å². The smallest absolute Gasteiger partial charge is 0.0747 e. The Labute approximate surface area is 91.6 Å². The normalized spacial score (nSPS) is 24.9. The minimum absolute atomic E-state index is 0.426. The molecule has 0 spiro atoms. The van der Waals surface area contributed by atoms with Crippen LogP contribution in [0.1, 0.15) is 18.1 Å². The molecule has 1 fully saturated rings. The van der Waals surface area contributed by atoms with Gasteiger partial charge in [-0.15, -0.1) is 0 Å². The van der Waals surface area contributed by atoms with Crippen LogP contribution in [0, 0.1) is 12.8 Å². The van der Waals surface area contributed by atoms with Gasteiger partial charge in [0, 0.05) is 19.0 Å². The van der Waals surface area contributed by atoms with Crippen molar-refractivity contribution in [1.29, 1.82) is 0 Å². The summed E-state index contributed by atoms with van der Waals surface area (Å²) in [7, 11) is 0. The van der Waals surface area contributed by atoms with E-state index in [1.54, 1.807) is 0 Å². The van der Waals surface area contributed by atoms with E-state index in [0.717, 1.165) is 25.6 Å². The molecule has 1 heterocycles. The van der Waals surface area contributed by atoms with Crippen LogP contribution in [-0.2, 0) is 11.3 Å². The lowest BCUT2D eigenvalue weighted by Gasteiger charge is -2.34. The highest BCUT2D eigenvalue weighted by molar-refractivity contribution is 5.21. The Bertz CT molecular complexity index is 307. The van der Waals surface area contributed by atoms with E-state index in [9.17, 15) is 0 Å². The molecule has 1 saturated heterocycles. The molecule has 2 unspecified atom stereocenters. The van der Waals surface area contributed by atoms with E-state index in [1.165, 1.54) is 11.1 Å². The molecule has 2 heteroatoms. The topological polar surface area (TPSA) is 21.3 Å². The fourth-order valence-electron chi connectivity index (χ4n) is 1.75. The maximum Gasteiger partial charge on any atom is 0.0747 e. The zero-order valence-electron chi connectivity index (χ0n) is 9.49.